The fraction of sp³-hybridized carbons (Fsp3) is 0.500. The van der Waals surface area contributed by atoms with Crippen molar-refractivity contribution in [3.8, 4) is 0 Å². The number of ether oxygens (including phenoxy) is 1. The standard InChI is InChI=1S/C16H21N3O6/c1-16(2,3)25-15(22)17-11-6-7-18(9-11)12-5-4-10(14(20)21)8-13(12)19(23)24/h4-5,8,11H,6-7,9H2,1-3H3,(H,17,22)(H,20,21)/t11-/m0/s1. The summed E-state index contributed by atoms with van der Waals surface area (Å²) < 4.78 is 5.20. The van der Waals surface area contributed by atoms with Crippen LogP contribution in [-0.4, -0.2) is 46.8 Å². The van der Waals surface area contributed by atoms with Gasteiger partial charge >= 0.3 is 12.1 Å². The molecule has 0 spiro atoms. The van der Waals surface area contributed by atoms with Crippen molar-refractivity contribution in [3.63, 3.8) is 0 Å². The summed E-state index contributed by atoms with van der Waals surface area (Å²) in [5, 5.41) is 23.0. The normalized spacial score (nSPS) is 17.2. The number of rotatable bonds is 4. The maximum Gasteiger partial charge on any atom is 0.407 e. The first-order valence-electron chi connectivity index (χ1n) is 7.83. The quantitative estimate of drug-likeness (QED) is 0.631. The van der Waals surface area contributed by atoms with Crippen molar-refractivity contribution in [2.24, 2.45) is 0 Å². The lowest BCUT2D eigenvalue weighted by Crippen LogP contribution is -2.40. The van der Waals surface area contributed by atoms with E-state index in [2.05, 4.69) is 5.32 Å². The molecule has 1 aromatic carbocycles. The third kappa shape index (κ3) is 4.82. The summed E-state index contributed by atoms with van der Waals surface area (Å²) in [7, 11) is 0. The summed E-state index contributed by atoms with van der Waals surface area (Å²) in [6.07, 6.45) is 0.0759. The van der Waals surface area contributed by atoms with Gasteiger partial charge in [0.15, 0.2) is 0 Å². The Balaban J connectivity index is 2.10. The molecule has 0 aromatic heterocycles. The highest BCUT2D eigenvalue weighted by molar-refractivity contribution is 5.90. The lowest BCUT2D eigenvalue weighted by molar-refractivity contribution is -0.384. The van der Waals surface area contributed by atoms with Crippen LogP contribution in [0.25, 0.3) is 0 Å². The van der Waals surface area contributed by atoms with Gasteiger partial charge < -0.3 is 20.1 Å². The number of alkyl carbamates (subject to hydrolysis) is 1. The average Bonchev–Trinajstić information content (AvgIpc) is 2.92. The second-order valence-corrected chi connectivity index (χ2v) is 6.84. The van der Waals surface area contributed by atoms with E-state index in [0.29, 0.717) is 25.2 Å². The number of hydrogen-bond donors (Lipinski definition) is 2. The molecule has 0 radical (unpaired) electrons. The predicted octanol–water partition coefficient (Wildman–Crippen LogP) is 2.40. The Kier molecular flexibility index (Phi) is 5.15. The number of carboxylic acid groups (broad SMARTS) is 1. The zero-order valence-electron chi connectivity index (χ0n) is 14.3. The SMILES string of the molecule is CC(C)(C)OC(=O)N[C@H]1CCN(c2ccc(C(=O)O)cc2[N+](=O)[O-])C1. The van der Waals surface area contributed by atoms with E-state index in [9.17, 15) is 19.7 Å². The van der Waals surface area contributed by atoms with Crippen LogP contribution in [0.2, 0.25) is 0 Å². The van der Waals surface area contributed by atoms with Gasteiger partial charge in [0.1, 0.15) is 11.3 Å². The number of carbonyl (C=O) groups excluding carboxylic acids is 1. The van der Waals surface area contributed by atoms with Crippen molar-refractivity contribution in [2.45, 2.75) is 38.8 Å². The van der Waals surface area contributed by atoms with Crippen LogP contribution in [-0.2, 0) is 4.74 Å². The first-order valence-corrected chi connectivity index (χ1v) is 7.83. The number of nitrogens with zero attached hydrogens (tertiary/aromatic N) is 2. The van der Waals surface area contributed by atoms with Gasteiger partial charge in [-0.2, -0.15) is 0 Å². The van der Waals surface area contributed by atoms with E-state index in [1.165, 1.54) is 12.1 Å². The number of amides is 1. The van der Waals surface area contributed by atoms with Gasteiger partial charge in [-0.15, -0.1) is 0 Å². The topological polar surface area (TPSA) is 122 Å². The molecule has 1 aromatic rings. The molecule has 1 heterocycles. The van der Waals surface area contributed by atoms with Gasteiger partial charge in [0.2, 0.25) is 0 Å². The van der Waals surface area contributed by atoms with Crippen molar-refractivity contribution in [3.05, 3.63) is 33.9 Å². The highest BCUT2D eigenvalue weighted by Gasteiger charge is 2.30. The molecule has 1 aliphatic rings. The van der Waals surface area contributed by atoms with Crippen molar-refractivity contribution in [1.29, 1.82) is 0 Å². The van der Waals surface area contributed by atoms with Gasteiger partial charge in [-0.25, -0.2) is 9.59 Å². The fourth-order valence-electron chi connectivity index (χ4n) is 2.64. The molecule has 25 heavy (non-hydrogen) atoms. The molecule has 2 rings (SSSR count). The number of benzene rings is 1. The fourth-order valence-corrected chi connectivity index (χ4v) is 2.64. The van der Waals surface area contributed by atoms with Gasteiger partial charge in [0, 0.05) is 19.2 Å². The minimum Gasteiger partial charge on any atom is -0.478 e. The van der Waals surface area contributed by atoms with Crippen molar-refractivity contribution < 1.29 is 24.4 Å². The summed E-state index contributed by atoms with van der Waals surface area (Å²) in [4.78, 5) is 35.2. The summed E-state index contributed by atoms with van der Waals surface area (Å²) in [6, 6.07) is 3.61. The molecule has 0 bridgehead atoms. The number of nitrogens with one attached hydrogen (secondary N) is 1. The second-order valence-electron chi connectivity index (χ2n) is 6.84. The molecule has 1 fully saturated rings. The minimum absolute atomic E-state index is 0.141. The summed E-state index contributed by atoms with van der Waals surface area (Å²) in [5.41, 5.74) is -0.673. The van der Waals surface area contributed by atoms with Gasteiger partial charge in [-0.3, -0.25) is 10.1 Å². The zero-order valence-corrected chi connectivity index (χ0v) is 14.3. The predicted molar refractivity (Wildman–Crippen MR) is 90.0 cm³/mol. The molecule has 1 atom stereocenters. The minimum atomic E-state index is -1.22. The number of aromatic carboxylic acids is 1. The number of anilines is 1. The molecule has 9 heteroatoms. The molecule has 1 aliphatic heterocycles. The van der Waals surface area contributed by atoms with Gasteiger partial charge in [0.05, 0.1) is 16.5 Å². The molecular formula is C16H21N3O6. The van der Waals surface area contributed by atoms with Crippen molar-refractivity contribution in [2.75, 3.05) is 18.0 Å². The van der Waals surface area contributed by atoms with Crippen molar-refractivity contribution >= 4 is 23.4 Å². The average molecular weight is 351 g/mol. The molecule has 2 N–H and O–H groups in total. The molecule has 1 amide bonds. The largest absolute Gasteiger partial charge is 0.478 e. The number of nitro groups is 1. The Hall–Kier alpha value is -2.84. The van der Waals surface area contributed by atoms with Crippen LogP contribution in [0.5, 0.6) is 0 Å². The van der Waals surface area contributed by atoms with E-state index in [1.807, 2.05) is 0 Å². The summed E-state index contributed by atoms with van der Waals surface area (Å²) >= 11 is 0. The highest BCUT2D eigenvalue weighted by atomic mass is 16.6. The third-order valence-corrected chi connectivity index (χ3v) is 3.67. The first kappa shape index (κ1) is 18.5. The van der Waals surface area contributed by atoms with E-state index < -0.39 is 22.6 Å². The van der Waals surface area contributed by atoms with Gasteiger partial charge in [-0.05, 0) is 39.3 Å². The number of carbonyl (C=O) groups is 2. The summed E-state index contributed by atoms with van der Waals surface area (Å²) in [6.45, 7) is 6.18. The van der Waals surface area contributed by atoms with Gasteiger partial charge in [-0.1, -0.05) is 0 Å². The van der Waals surface area contributed by atoms with E-state index in [4.69, 9.17) is 9.84 Å². The summed E-state index contributed by atoms with van der Waals surface area (Å²) in [5.74, 6) is -1.22. The zero-order chi connectivity index (χ0) is 18.8. The smallest absolute Gasteiger partial charge is 0.407 e. The van der Waals surface area contributed by atoms with E-state index in [0.717, 1.165) is 6.07 Å². The Morgan fingerprint density at radius 3 is 2.64 bits per heavy atom. The first-order chi connectivity index (χ1) is 11.6. The van der Waals surface area contributed by atoms with Crippen LogP contribution in [0.4, 0.5) is 16.2 Å². The Labute approximate surface area is 144 Å². The lowest BCUT2D eigenvalue weighted by atomic mass is 10.1. The van der Waals surface area contributed by atoms with Crippen LogP contribution in [0.15, 0.2) is 18.2 Å². The Morgan fingerprint density at radius 2 is 2.08 bits per heavy atom. The molecule has 136 valence electrons. The molecular weight excluding hydrogens is 330 g/mol. The van der Waals surface area contributed by atoms with Gasteiger partial charge in [0.25, 0.3) is 5.69 Å². The number of nitro benzene ring substituents is 1. The van der Waals surface area contributed by atoms with Crippen LogP contribution in [0.1, 0.15) is 37.6 Å². The molecule has 0 saturated carbocycles. The molecule has 0 aliphatic carbocycles. The lowest BCUT2D eigenvalue weighted by Gasteiger charge is -2.22. The molecule has 0 unspecified atom stereocenters. The second kappa shape index (κ2) is 6.96. The van der Waals surface area contributed by atoms with Crippen LogP contribution in [0, 0.1) is 10.1 Å². The van der Waals surface area contributed by atoms with Crippen LogP contribution < -0.4 is 10.2 Å². The van der Waals surface area contributed by atoms with E-state index in [1.54, 1.807) is 25.7 Å². The molecule has 1 saturated heterocycles. The number of carboxylic acids is 1. The Morgan fingerprint density at radius 1 is 1.40 bits per heavy atom. The Bertz CT molecular complexity index is 698. The maximum absolute atomic E-state index is 11.8. The molecule has 9 nitrogen and oxygen atoms in total. The van der Waals surface area contributed by atoms with Crippen LogP contribution in [0.3, 0.4) is 0 Å². The van der Waals surface area contributed by atoms with Crippen molar-refractivity contribution in [1.82, 2.24) is 5.32 Å². The maximum atomic E-state index is 11.8. The van der Waals surface area contributed by atoms with E-state index in [-0.39, 0.29) is 17.3 Å². The highest BCUT2D eigenvalue weighted by Crippen LogP contribution is 2.31. The monoisotopic (exact) mass is 351 g/mol. The van der Waals surface area contributed by atoms with Crippen LogP contribution >= 0.6 is 0 Å². The van der Waals surface area contributed by atoms with E-state index >= 15 is 0 Å². The third-order valence-electron chi connectivity index (χ3n) is 3.67. The number of hydrogen-bond acceptors (Lipinski definition) is 6.